The van der Waals surface area contributed by atoms with E-state index in [1.165, 1.54) is 12.6 Å². The third-order valence-corrected chi connectivity index (χ3v) is 8.42. The lowest BCUT2D eigenvalue weighted by Crippen LogP contribution is -2.34. The van der Waals surface area contributed by atoms with E-state index in [-0.39, 0.29) is 49.5 Å². The van der Waals surface area contributed by atoms with Gasteiger partial charge in [-0.1, -0.05) is 60.0 Å². The van der Waals surface area contributed by atoms with Gasteiger partial charge in [-0.15, -0.1) is 0 Å². The van der Waals surface area contributed by atoms with Gasteiger partial charge in [0.05, 0.1) is 22.5 Å². The molecule has 9 nitrogen and oxygen atoms in total. The molecule has 0 aliphatic heterocycles. The summed E-state index contributed by atoms with van der Waals surface area (Å²) in [6.45, 7) is 0.439. The Morgan fingerprint density at radius 1 is 0.884 bits per heavy atom. The monoisotopic (exact) mass is 631 g/mol. The Bertz CT molecular complexity index is 1300. The van der Waals surface area contributed by atoms with Gasteiger partial charge in [0.15, 0.2) is 0 Å². The molecule has 0 saturated carbocycles. The molecule has 0 saturated heterocycles. The topological polar surface area (TPSA) is 113 Å². The number of hydrogen-bond acceptors (Lipinski definition) is 6. The SMILES string of the molecule is CN(OC(=O)CCC(=O)NCCCCCC(=O)N(C)[C@H]1CC[C@@H](c2ccc(Cl)c(Cl)c2)c2ccccc21)C(=O)CCC=O. The van der Waals surface area contributed by atoms with E-state index in [2.05, 4.69) is 17.4 Å². The number of hydrogen-bond donors (Lipinski definition) is 1. The predicted octanol–water partition coefficient (Wildman–Crippen LogP) is 5.77. The second kappa shape index (κ2) is 17.0. The number of fused-ring (bicyclic) bond motifs is 1. The highest BCUT2D eigenvalue weighted by Crippen LogP contribution is 2.44. The number of nitrogens with zero attached hydrogens (tertiary/aromatic N) is 2. The van der Waals surface area contributed by atoms with Gasteiger partial charge in [0, 0.05) is 52.2 Å². The number of aldehydes is 1. The highest BCUT2D eigenvalue weighted by molar-refractivity contribution is 6.42. The van der Waals surface area contributed by atoms with E-state index in [0.29, 0.717) is 42.1 Å². The van der Waals surface area contributed by atoms with Crippen molar-refractivity contribution >= 4 is 53.2 Å². The van der Waals surface area contributed by atoms with Gasteiger partial charge in [0.25, 0.3) is 5.91 Å². The number of rotatable bonds is 14. The fraction of sp³-hybridized carbons (Fsp3) is 0.469. The third-order valence-electron chi connectivity index (χ3n) is 7.68. The maximum atomic E-state index is 13.1. The Balaban J connectivity index is 1.37. The van der Waals surface area contributed by atoms with Gasteiger partial charge in [-0.25, -0.2) is 4.79 Å². The first-order valence-corrected chi connectivity index (χ1v) is 15.3. The van der Waals surface area contributed by atoms with Gasteiger partial charge in [0.1, 0.15) is 6.29 Å². The standard InChI is InChI=1S/C32H39Cl2N3O6/c1-36(28-16-14-23(24-9-5-6-10-25(24)28)22-13-15-26(33)27(34)21-22)30(40)11-4-3-7-19-35-29(39)17-18-32(42)43-37(2)31(41)12-8-20-38/h5-6,9-10,13,15,20-21,23,28H,3-4,7-8,11-12,14,16-19H2,1-2H3,(H,35,39)/t23-,28-/m0/s1. The van der Waals surface area contributed by atoms with Gasteiger partial charge in [-0.05, 0) is 54.5 Å². The van der Waals surface area contributed by atoms with E-state index in [9.17, 15) is 24.0 Å². The predicted molar refractivity (Wildman–Crippen MR) is 164 cm³/mol. The molecule has 0 heterocycles. The number of carbonyl (C=O) groups excluding carboxylic acids is 5. The zero-order chi connectivity index (χ0) is 31.4. The summed E-state index contributed by atoms with van der Waals surface area (Å²) in [5, 5.41) is 4.62. The molecule has 1 N–H and O–H groups in total. The summed E-state index contributed by atoms with van der Waals surface area (Å²) >= 11 is 12.4. The number of halogens is 2. The van der Waals surface area contributed by atoms with Crippen LogP contribution < -0.4 is 5.32 Å². The first-order chi connectivity index (χ1) is 20.6. The minimum atomic E-state index is -0.703. The molecule has 0 fully saturated rings. The number of unbranched alkanes of at least 4 members (excludes halogenated alkanes) is 2. The summed E-state index contributed by atoms with van der Waals surface area (Å²) in [5.41, 5.74) is 3.48. The third kappa shape index (κ3) is 10.1. The molecular formula is C32H39Cl2N3O6. The summed E-state index contributed by atoms with van der Waals surface area (Å²) in [4.78, 5) is 65.7. The fourth-order valence-electron chi connectivity index (χ4n) is 5.29. The number of hydroxylamine groups is 2. The lowest BCUT2D eigenvalue weighted by molar-refractivity contribution is -0.192. The number of nitrogens with one attached hydrogen (secondary N) is 1. The van der Waals surface area contributed by atoms with Gasteiger partial charge >= 0.3 is 5.97 Å². The Kier molecular flexibility index (Phi) is 13.5. The molecule has 0 bridgehead atoms. The van der Waals surface area contributed by atoms with Crippen LogP contribution in [-0.4, -0.2) is 60.6 Å². The van der Waals surface area contributed by atoms with E-state index in [4.69, 9.17) is 28.0 Å². The van der Waals surface area contributed by atoms with Crippen molar-refractivity contribution in [3.63, 3.8) is 0 Å². The maximum Gasteiger partial charge on any atom is 0.333 e. The van der Waals surface area contributed by atoms with Crippen LogP contribution in [0.25, 0.3) is 0 Å². The zero-order valence-corrected chi connectivity index (χ0v) is 26.2. The Labute approximate surface area is 262 Å². The highest BCUT2D eigenvalue weighted by Gasteiger charge is 2.32. The molecule has 1 aliphatic rings. The lowest BCUT2D eigenvalue weighted by atomic mass is 9.76. The average Bonchev–Trinajstić information content (AvgIpc) is 3.00. The molecule has 11 heteroatoms. The smallest absolute Gasteiger partial charge is 0.333 e. The molecule has 3 amide bonds. The summed E-state index contributed by atoms with van der Waals surface area (Å²) in [6, 6.07) is 14.0. The molecule has 2 atom stereocenters. The second-order valence-corrected chi connectivity index (χ2v) is 11.5. The van der Waals surface area contributed by atoms with Gasteiger partial charge in [0.2, 0.25) is 11.8 Å². The summed E-state index contributed by atoms with van der Waals surface area (Å²) in [5.74, 6) is -1.21. The van der Waals surface area contributed by atoms with Crippen LogP contribution in [0.4, 0.5) is 0 Å². The lowest BCUT2D eigenvalue weighted by Gasteiger charge is -2.37. The van der Waals surface area contributed by atoms with Crippen LogP contribution in [0.5, 0.6) is 0 Å². The first kappa shape index (κ1) is 34.1. The molecule has 43 heavy (non-hydrogen) atoms. The van der Waals surface area contributed by atoms with E-state index < -0.39 is 11.9 Å². The average molecular weight is 633 g/mol. The quantitative estimate of drug-likeness (QED) is 0.161. The van der Waals surface area contributed by atoms with Crippen molar-refractivity contribution < 1.29 is 28.8 Å². The van der Waals surface area contributed by atoms with Crippen molar-refractivity contribution in [1.82, 2.24) is 15.3 Å². The van der Waals surface area contributed by atoms with Gasteiger partial charge in [-0.2, -0.15) is 5.06 Å². The number of carbonyl (C=O) groups is 5. The molecule has 1 aliphatic carbocycles. The summed E-state index contributed by atoms with van der Waals surface area (Å²) in [6.07, 6.45) is 4.72. The summed E-state index contributed by atoms with van der Waals surface area (Å²) in [7, 11) is 3.16. The van der Waals surface area contributed by atoms with Crippen molar-refractivity contribution in [2.24, 2.45) is 0 Å². The largest absolute Gasteiger partial charge is 0.356 e. The van der Waals surface area contributed by atoms with Gasteiger partial charge in [-0.3, -0.25) is 14.4 Å². The minimum absolute atomic E-state index is 0.00273. The van der Waals surface area contributed by atoms with Gasteiger partial charge < -0.3 is 19.8 Å². The van der Waals surface area contributed by atoms with Crippen LogP contribution in [-0.2, 0) is 28.8 Å². The van der Waals surface area contributed by atoms with Crippen molar-refractivity contribution in [2.45, 2.75) is 76.2 Å². The van der Waals surface area contributed by atoms with Crippen LogP contribution >= 0.6 is 23.2 Å². The molecular weight excluding hydrogens is 593 g/mol. The van der Waals surface area contributed by atoms with Crippen molar-refractivity contribution in [3.05, 3.63) is 69.2 Å². The first-order valence-electron chi connectivity index (χ1n) is 14.6. The maximum absolute atomic E-state index is 13.1. The second-order valence-electron chi connectivity index (χ2n) is 10.7. The fourth-order valence-corrected chi connectivity index (χ4v) is 5.60. The number of benzene rings is 2. The van der Waals surface area contributed by atoms with E-state index in [1.54, 1.807) is 0 Å². The van der Waals surface area contributed by atoms with Crippen molar-refractivity contribution in [3.8, 4) is 0 Å². The molecule has 0 spiro atoms. The van der Waals surface area contributed by atoms with E-state index in [0.717, 1.165) is 35.5 Å². The molecule has 0 aromatic heterocycles. The minimum Gasteiger partial charge on any atom is -0.356 e. The molecule has 0 unspecified atom stereocenters. The van der Waals surface area contributed by atoms with Crippen LogP contribution in [0.1, 0.15) is 92.9 Å². The molecule has 2 aromatic rings. The number of amides is 3. The molecule has 2 aromatic carbocycles. The normalized spacial score (nSPS) is 15.6. The van der Waals surface area contributed by atoms with Crippen LogP contribution in [0.15, 0.2) is 42.5 Å². The van der Waals surface area contributed by atoms with Crippen molar-refractivity contribution in [2.75, 3.05) is 20.6 Å². The zero-order valence-electron chi connectivity index (χ0n) is 24.7. The van der Waals surface area contributed by atoms with Crippen LogP contribution in [0.2, 0.25) is 10.0 Å². The summed E-state index contributed by atoms with van der Waals surface area (Å²) < 4.78 is 0. The molecule has 3 rings (SSSR count). The van der Waals surface area contributed by atoms with Crippen LogP contribution in [0.3, 0.4) is 0 Å². The Morgan fingerprint density at radius 2 is 1.63 bits per heavy atom. The molecule has 0 radical (unpaired) electrons. The van der Waals surface area contributed by atoms with E-state index >= 15 is 0 Å². The molecule has 232 valence electrons. The van der Waals surface area contributed by atoms with E-state index in [1.807, 2.05) is 42.3 Å². The van der Waals surface area contributed by atoms with Crippen molar-refractivity contribution in [1.29, 1.82) is 0 Å². The highest BCUT2D eigenvalue weighted by atomic mass is 35.5. The Hall–Kier alpha value is -3.43. The Morgan fingerprint density at radius 3 is 2.35 bits per heavy atom. The van der Waals surface area contributed by atoms with Crippen LogP contribution in [0, 0.1) is 0 Å².